The van der Waals surface area contributed by atoms with Crippen molar-refractivity contribution in [3.05, 3.63) is 53.8 Å². The second-order valence-electron chi connectivity index (χ2n) is 7.08. The Bertz CT molecular complexity index is 981. The topological polar surface area (TPSA) is 48.5 Å². The van der Waals surface area contributed by atoms with Crippen molar-refractivity contribution in [2.45, 2.75) is 13.3 Å². The quantitative estimate of drug-likeness (QED) is 0.711. The van der Waals surface area contributed by atoms with E-state index in [4.69, 9.17) is 0 Å². The molecule has 1 aliphatic heterocycles. The van der Waals surface area contributed by atoms with Crippen LogP contribution in [0.2, 0.25) is 0 Å². The van der Waals surface area contributed by atoms with E-state index in [-0.39, 0.29) is 17.4 Å². The molecule has 0 saturated carbocycles. The second kappa shape index (κ2) is 8.24. The van der Waals surface area contributed by atoms with Gasteiger partial charge in [-0.1, -0.05) is 18.2 Å². The Morgan fingerprint density at radius 3 is 2.71 bits per heavy atom. The summed E-state index contributed by atoms with van der Waals surface area (Å²) in [5.74, 6) is 0.446. The number of aromatic nitrogens is 1. The van der Waals surface area contributed by atoms with Crippen LogP contribution in [0, 0.1) is 5.82 Å². The lowest BCUT2D eigenvalue weighted by Crippen LogP contribution is -2.47. The number of anilines is 2. The lowest BCUT2D eigenvalue weighted by molar-refractivity contribution is -0.114. The van der Waals surface area contributed by atoms with E-state index in [0.717, 1.165) is 50.5 Å². The van der Waals surface area contributed by atoms with E-state index in [9.17, 15) is 9.18 Å². The lowest BCUT2D eigenvalue weighted by Gasteiger charge is -2.35. The zero-order chi connectivity index (χ0) is 19.5. The molecule has 2 heterocycles. The van der Waals surface area contributed by atoms with Gasteiger partial charge in [0.15, 0.2) is 0 Å². The van der Waals surface area contributed by atoms with Gasteiger partial charge in [0.1, 0.15) is 11.6 Å². The van der Waals surface area contributed by atoms with Gasteiger partial charge in [-0.2, -0.15) is 4.37 Å². The van der Waals surface area contributed by atoms with Crippen LogP contribution in [-0.2, 0) is 11.2 Å². The average Bonchev–Trinajstić information content (AvgIpc) is 3.12. The molecule has 1 fully saturated rings. The van der Waals surface area contributed by atoms with Gasteiger partial charge in [-0.15, -0.1) is 0 Å². The van der Waals surface area contributed by atoms with Crippen molar-refractivity contribution in [3.63, 3.8) is 0 Å². The Hall–Kier alpha value is -2.51. The van der Waals surface area contributed by atoms with Gasteiger partial charge in [-0.3, -0.25) is 9.69 Å². The standard InChI is InChI=1S/C21H23FN4OS/c1-15(27)23-19-7-6-16(14-18(19)22)8-9-25-10-12-26(13-11-25)21-17-4-2-3-5-20(17)28-24-21/h2-7,14H,8-13H2,1H3,(H,23,27). The second-order valence-corrected chi connectivity index (χ2v) is 7.88. The molecule has 0 radical (unpaired) electrons. The Balaban J connectivity index is 1.31. The van der Waals surface area contributed by atoms with E-state index in [0.29, 0.717) is 0 Å². The van der Waals surface area contributed by atoms with Crippen LogP contribution in [0.15, 0.2) is 42.5 Å². The molecule has 4 rings (SSSR count). The van der Waals surface area contributed by atoms with Gasteiger partial charge < -0.3 is 10.2 Å². The summed E-state index contributed by atoms with van der Waals surface area (Å²) in [6.07, 6.45) is 0.789. The number of nitrogens with zero attached hydrogens (tertiary/aromatic N) is 3. The van der Waals surface area contributed by atoms with E-state index in [1.807, 2.05) is 12.1 Å². The number of carbonyl (C=O) groups excluding carboxylic acids is 1. The molecule has 0 atom stereocenters. The predicted octanol–water partition coefficient (Wildman–Crippen LogP) is 3.76. The van der Waals surface area contributed by atoms with Crippen LogP contribution in [0.5, 0.6) is 0 Å². The molecule has 0 aliphatic carbocycles. The number of piperazine rings is 1. The molecular formula is C21H23FN4OS. The Labute approximate surface area is 167 Å². The van der Waals surface area contributed by atoms with E-state index in [1.54, 1.807) is 17.6 Å². The van der Waals surface area contributed by atoms with Gasteiger partial charge in [-0.05, 0) is 47.8 Å². The molecule has 3 aromatic rings. The van der Waals surface area contributed by atoms with Gasteiger partial charge in [-0.25, -0.2) is 4.39 Å². The summed E-state index contributed by atoms with van der Waals surface area (Å²) in [7, 11) is 0. The summed E-state index contributed by atoms with van der Waals surface area (Å²) < 4.78 is 20.0. The van der Waals surface area contributed by atoms with Crippen LogP contribution in [0.25, 0.3) is 10.1 Å². The van der Waals surface area contributed by atoms with Gasteiger partial charge in [0.25, 0.3) is 0 Å². The number of rotatable bonds is 5. The first-order valence-corrected chi connectivity index (χ1v) is 10.3. The van der Waals surface area contributed by atoms with Crippen LogP contribution < -0.4 is 10.2 Å². The Kier molecular flexibility index (Phi) is 5.54. The molecule has 1 saturated heterocycles. The summed E-state index contributed by atoms with van der Waals surface area (Å²) >= 11 is 1.55. The molecule has 1 aromatic heterocycles. The number of nitrogens with one attached hydrogen (secondary N) is 1. The van der Waals surface area contributed by atoms with Gasteiger partial charge in [0.05, 0.1) is 10.4 Å². The van der Waals surface area contributed by atoms with Crippen molar-refractivity contribution >= 4 is 39.0 Å². The normalized spacial score (nSPS) is 15.1. The first-order valence-electron chi connectivity index (χ1n) is 9.48. The number of halogens is 1. The molecule has 2 aromatic carbocycles. The highest BCUT2D eigenvalue weighted by Crippen LogP contribution is 2.29. The fraction of sp³-hybridized carbons (Fsp3) is 0.333. The van der Waals surface area contributed by atoms with Crippen LogP contribution in [0.3, 0.4) is 0 Å². The number of benzene rings is 2. The van der Waals surface area contributed by atoms with Gasteiger partial charge in [0.2, 0.25) is 5.91 Å². The number of fused-ring (bicyclic) bond motifs is 1. The van der Waals surface area contributed by atoms with Crippen molar-refractivity contribution in [2.75, 3.05) is 42.9 Å². The van der Waals surface area contributed by atoms with E-state index in [1.165, 1.54) is 23.1 Å². The van der Waals surface area contributed by atoms with Crippen LogP contribution in [0.4, 0.5) is 15.9 Å². The van der Waals surface area contributed by atoms with Crippen LogP contribution >= 0.6 is 11.5 Å². The minimum absolute atomic E-state index is 0.236. The van der Waals surface area contributed by atoms with Gasteiger partial charge in [0, 0.05) is 45.0 Å². The van der Waals surface area contributed by atoms with E-state index < -0.39 is 0 Å². The third kappa shape index (κ3) is 4.15. The molecule has 0 bridgehead atoms. The largest absolute Gasteiger partial charge is 0.353 e. The molecule has 28 heavy (non-hydrogen) atoms. The number of hydrogen-bond donors (Lipinski definition) is 1. The number of hydrogen-bond acceptors (Lipinski definition) is 5. The maximum Gasteiger partial charge on any atom is 0.221 e. The van der Waals surface area contributed by atoms with Crippen LogP contribution in [-0.4, -0.2) is 47.9 Å². The number of amides is 1. The highest BCUT2D eigenvalue weighted by molar-refractivity contribution is 7.13. The lowest BCUT2D eigenvalue weighted by atomic mass is 10.1. The first-order chi connectivity index (χ1) is 13.6. The summed E-state index contributed by atoms with van der Waals surface area (Å²) in [4.78, 5) is 15.8. The van der Waals surface area contributed by atoms with Crippen molar-refractivity contribution in [1.29, 1.82) is 0 Å². The Morgan fingerprint density at radius 2 is 1.96 bits per heavy atom. The molecule has 0 spiro atoms. The average molecular weight is 399 g/mol. The van der Waals surface area contributed by atoms with Crippen LogP contribution in [0.1, 0.15) is 12.5 Å². The van der Waals surface area contributed by atoms with E-state index in [2.05, 4.69) is 37.7 Å². The third-order valence-electron chi connectivity index (χ3n) is 5.09. The fourth-order valence-corrected chi connectivity index (χ4v) is 4.37. The minimum atomic E-state index is -0.382. The maximum absolute atomic E-state index is 14.1. The highest BCUT2D eigenvalue weighted by atomic mass is 32.1. The molecule has 7 heteroatoms. The summed E-state index contributed by atoms with van der Waals surface area (Å²) in [6.45, 7) is 6.11. The highest BCUT2D eigenvalue weighted by Gasteiger charge is 2.20. The minimum Gasteiger partial charge on any atom is -0.353 e. The van der Waals surface area contributed by atoms with Gasteiger partial charge >= 0.3 is 0 Å². The summed E-state index contributed by atoms with van der Waals surface area (Å²) in [6, 6.07) is 13.4. The predicted molar refractivity (Wildman–Crippen MR) is 113 cm³/mol. The molecular weight excluding hydrogens is 375 g/mol. The van der Waals surface area contributed by atoms with E-state index >= 15 is 0 Å². The molecule has 0 unspecified atom stereocenters. The zero-order valence-corrected chi connectivity index (χ0v) is 16.6. The molecule has 1 aliphatic rings. The molecule has 5 nitrogen and oxygen atoms in total. The smallest absolute Gasteiger partial charge is 0.221 e. The Morgan fingerprint density at radius 1 is 1.18 bits per heavy atom. The molecule has 1 amide bonds. The summed E-state index contributed by atoms with van der Waals surface area (Å²) in [5.41, 5.74) is 1.18. The summed E-state index contributed by atoms with van der Waals surface area (Å²) in [5, 5.41) is 3.73. The SMILES string of the molecule is CC(=O)Nc1ccc(CCN2CCN(c3nsc4ccccc34)CC2)cc1F. The number of carbonyl (C=O) groups is 1. The van der Waals surface area contributed by atoms with Crippen molar-refractivity contribution < 1.29 is 9.18 Å². The molecule has 1 N–H and O–H groups in total. The maximum atomic E-state index is 14.1. The molecule has 146 valence electrons. The van der Waals surface area contributed by atoms with Crippen molar-refractivity contribution in [2.24, 2.45) is 0 Å². The first kappa shape index (κ1) is 18.8. The van der Waals surface area contributed by atoms with Crippen molar-refractivity contribution in [3.8, 4) is 0 Å². The van der Waals surface area contributed by atoms with Crippen molar-refractivity contribution in [1.82, 2.24) is 9.27 Å². The zero-order valence-electron chi connectivity index (χ0n) is 15.8. The fourth-order valence-electron chi connectivity index (χ4n) is 3.58. The monoisotopic (exact) mass is 398 g/mol. The third-order valence-corrected chi connectivity index (χ3v) is 5.91.